The highest BCUT2D eigenvalue weighted by Gasteiger charge is 2.25. The fourth-order valence-electron chi connectivity index (χ4n) is 2.09. The number of nitrogens with zero attached hydrogens (tertiary/aromatic N) is 1. The van der Waals surface area contributed by atoms with Gasteiger partial charge in [-0.05, 0) is 44.9 Å². The molecule has 1 rings (SSSR count). The van der Waals surface area contributed by atoms with Crippen LogP contribution in [0.25, 0.3) is 0 Å². The number of carbonyl (C=O) groups excluding carboxylic acids is 1. The molecule has 1 aliphatic heterocycles. The second-order valence-electron chi connectivity index (χ2n) is 4.25. The van der Waals surface area contributed by atoms with Crippen LogP contribution in [-0.4, -0.2) is 41.9 Å². The minimum absolute atomic E-state index is 0. The molecule has 0 radical (unpaired) electrons. The van der Waals surface area contributed by atoms with Crippen molar-refractivity contribution in [2.45, 2.75) is 31.4 Å². The zero-order valence-electron chi connectivity index (χ0n) is 10.1. The molecule has 3 nitrogen and oxygen atoms in total. The van der Waals surface area contributed by atoms with Crippen LogP contribution in [0.4, 0.5) is 0 Å². The van der Waals surface area contributed by atoms with Gasteiger partial charge in [-0.25, -0.2) is 0 Å². The van der Waals surface area contributed by atoms with E-state index in [0.29, 0.717) is 11.8 Å². The molecule has 1 fully saturated rings. The highest BCUT2D eigenvalue weighted by molar-refractivity contribution is 7.99. The number of likely N-dealkylation sites (tertiary alicyclic amines) is 1. The van der Waals surface area contributed by atoms with Crippen molar-refractivity contribution in [1.82, 2.24) is 4.90 Å². The first-order valence-electron chi connectivity index (χ1n) is 5.70. The molecule has 5 heteroatoms. The summed E-state index contributed by atoms with van der Waals surface area (Å²) in [6, 6.07) is 0. The molecule has 2 atom stereocenters. The summed E-state index contributed by atoms with van der Waals surface area (Å²) in [5.74, 6) is 0.922. The lowest BCUT2D eigenvalue weighted by Gasteiger charge is -2.34. The van der Waals surface area contributed by atoms with Crippen molar-refractivity contribution < 1.29 is 4.79 Å². The number of carbonyl (C=O) groups is 1. The van der Waals surface area contributed by atoms with Crippen LogP contribution in [0.5, 0.6) is 0 Å². The quantitative estimate of drug-likeness (QED) is 0.843. The van der Waals surface area contributed by atoms with Gasteiger partial charge in [-0.3, -0.25) is 4.79 Å². The molecule has 0 aromatic heterocycles. The van der Waals surface area contributed by atoms with E-state index in [9.17, 15) is 4.79 Å². The molecule has 1 heterocycles. The number of amides is 1. The fourth-order valence-corrected chi connectivity index (χ4v) is 2.45. The monoisotopic (exact) mass is 266 g/mol. The summed E-state index contributed by atoms with van der Waals surface area (Å²) in [6.07, 6.45) is 5.41. The molecule has 0 bridgehead atoms. The Morgan fingerprint density at radius 3 is 2.88 bits per heavy atom. The van der Waals surface area contributed by atoms with Gasteiger partial charge in [0.05, 0.1) is 5.25 Å². The third kappa shape index (κ3) is 4.52. The lowest BCUT2D eigenvalue weighted by molar-refractivity contribution is -0.132. The standard InChI is InChI=1S/C11H22N2OS.ClH/c1-9(15-2)11(14)13-7-3-4-10(8-13)5-6-12;/h9-10H,3-8,12H2,1-2H3;1H. The maximum atomic E-state index is 12.0. The van der Waals surface area contributed by atoms with Crippen molar-refractivity contribution >= 4 is 30.1 Å². The minimum Gasteiger partial charge on any atom is -0.341 e. The number of thioether (sulfide) groups is 1. The van der Waals surface area contributed by atoms with Crippen LogP contribution in [0.2, 0.25) is 0 Å². The van der Waals surface area contributed by atoms with Gasteiger partial charge in [0.1, 0.15) is 0 Å². The van der Waals surface area contributed by atoms with Gasteiger partial charge >= 0.3 is 0 Å². The lowest BCUT2D eigenvalue weighted by Crippen LogP contribution is -2.43. The summed E-state index contributed by atoms with van der Waals surface area (Å²) < 4.78 is 0. The number of hydrogen-bond donors (Lipinski definition) is 1. The zero-order valence-corrected chi connectivity index (χ0v) is 11.8. The van der Waals surface area contributed by atoms with Crippen molar-refractivity contribution in [2.75, 3.05) is 25.9 Å². The molecule has 0 aromatic rings. The number of nitrogens with two attached hydrogens (primary N) is 1. The molecule has 0 aliphatic carbocycles. The molecule has 96 valence electrons. The summed E-state index contributed by atoms with van der Waals surface area (Å²) in [6.45, 7) is 4.58. The minimum atomic E-state index is 0. The Morgan fingerprint density at radius 2 is 2.31 bits per heavy atom. The van der Waals surface area contributed by atoms with Gasteiger partial charge in [0, 0.05) is 13.1 Å². The molecule has 0 aromatic carbocycles. The first-order valence-corrected chi connectivity index (χ1v) is 6.99. The van der Waals surface area contributed by atoms with E-state index < -0.39 is 0 Å². The first-order chi connectivity index (χ1) is 7.19. The Bertz CT molecular complexity index is 214. The third-order valence-corrected chi connectivity index (χ3v) is 4.02. The van der Waals surface area contributed by atoms with Gasteiger partial charge in [-0.15, -0.1) is 12.4 Å². The van der Waals surface area contributed by atoms with E-state index in [1.54, 1.807) is 11.8 Å². The van der Waals surface area contributed by atoms with E-state index in [4.69, 9.17) is 5.73 Å². The van der Waals surface area contributed by atoms with Crippen LogP contribution in [0.15, 0.2) is 0 Å². The number of rotatable bonds is 4. The molecule has 0 spiro atoms. The summed E-state index contributed by atoms with van der Waals surface area (Å²) in [4.78, 5) is 14.0. The van der Waals surface area contributed by atoms with Crippen LogP contribution in [0, 0.1) is 5.92 Å². The lowest BCUT2D eigenvalue weighted by atomic mass is 9.95. The van der Waals surface area contributed by atoms with Gasteiger partial charge in [-0.2, -0.15) is 11.8 Å². The second-order valence-corrected chi connectivity index (χ2v) is 5.43. The van der Waals surface area contributed by atoms with Gasteiger partial charge in [-0.1, -0.05) is 0 Å². The van der Waals surface area contributed by atoms with E-state index in [0.717, 1.165) is 32.5 Å². The van der Waals surface area contributed by atoms with E-state index in [2.05, 4.69) is 0 Å². The van der Waals surface area contributed by atoms with Crippen LogP contribution < -0.4 is 5.73 Å². The zero-order chi connectivity index (χ0) is 11.3. The van der Waals surface area contributed by atoms with Gasteiger partial charge in [0.2, 0.25) is 5.91 Å². The van der Waals surface area contributed by atoms with E-state index >= 15 is 0 Å². The van der Waals surface area contributed by atoms with Gasteiger partial charge < -0.3 is 10.6 Å². The number of piperidine rings is 1. The van der Waals surface area contributed by atoms with Crippen molar-refractivity contribution in [3.8, 4) is 0 Å². The fraction of sp³-hybridized carbons (Fsp3) is 0.909. The highest BCUT2D eigenvalue weighted by atomic mass is 35.5. The largest absolute Gasteiger partial charge is 0.341 e. The normalized spacial score (nSPS) is 22.4. The van der Waals surface area contributed by atoms with Gasteiger partial charge in [0.15, 0.2) is 0 Å². The second kappa shape index (κ2) is 8.20. The molecule has 1 amide bonds. The van der Waals surface area contributed by atoms with Crippen molar-refractivity contribution in [1.29, 1.82) is 0 Å². The number of hydrogen-bond acceptors (Lipinski definition) is 3. The number of halogens is 1. The molecule has 2 N–H and O–H groups in total. The predicted octanol–water partition coefficient (Wildman–Crippen LogP) is 1.75. The van der Waals surface area contributed by atoms with E-state index in [-0.39, 0.29) is 17.7 Å². The van der Waals surface area contributed by atoms with Crippen molar-refractivity contribution in [2.24, 2.45) is 11.7 Å². The van der Waals surface area contributed by atoms with E-state index in [1.165, 1.54) is 6.42 Å². The Hall–Kier alpha value is 0.0700. The Balaban J connectivity index is 0.00000225. The molecule has 2 unspecified atom stereocenters. The first kappa shape index (κ1) is 16.1. The highest BCUT2D eigenvalue weighted by Crippen LogP contribution is 2.21. The van der Waals surface area contributed by atoms with Crippen molar-refractivity contribution in [3.05, 3.63) is 0 Å². The molecular formula is C11H23ClN2OS. The predicted molar refractivity (Wildman–Crippen MR) is 73.2 cm³/mol. The summed E-state index contributed by atoms with van der Waals surface area (Å²) in [5.41, 5.74) is 5.56. The molecule has 0 saturated carbocycles. The SMILES string of the molecule is CSC(C)C(=O)N1CCCC(CCN)C1.Cl. The summed E-state index contributed by atoms with van der Waals surface area (Å²) in [7, 11) is 0. The topological polar surface area (TPSA) is 46.3 Å². The van der Waals surface area contributed by atoms with Gasteiger partial charge in [0.25, 0.3) is 0 Å². The molecular weight excluding hydrogens is 244 g/mol. The average Bonchev–Trinajstić information content (AvgIpc) is 2.28. The van der Waals surface area contributed by atoms with E-state index in [1.807, 2.05) is 18.1 Å². The third-order valence-electron chi connectivity index (χ3n) is 3.11. The average molecular weight is 267 g/mol. The van der Waals surface area contributed by atoms with Crippen LogP contribution in [0.3, 0.4) is 0 Å². The van der Waals surface area contributed by atoms with Crippen molar-refractivity contribution in [3.63, 3.8) is 0 Å². The Kier molecular flexibility index (Phi) is 8.24. The van der Waals surface area contributed by atoms with Crippen LogP contribution in [0.1, 0.15) is 26.2 Å². The summed E-state index contributed by atoms with van der Waals surface area (Å²) >= 11 is 1.63. The maximum absolute atomic E-state index is 12.0. The maximum Gasteiger partial charge on any atom is 0.235 e. The smallest absolute Gasteiger partial charge is 0.235 e. The Morgan fingerprint density at radius 1 is 1.62 bits per heavy atom. The Labute approximate surface area is 109 Å². The molecule has 1 saturated heterocycles. The van der Waals surface area contributed by atoms with Crippen LogP contribution >= 0.6 is 24.2 Å². The molecule has 1 aliphatic rings. The molecule has 16 heavy (non-hydrogen) atoms. The summed E-state index contributed by atoms with van der Waals surface area (Å²) in [5, 5.41) is 0.0987. The van der Waals surface area contributed by atoms with Crippen LogP contribution in [-0.2, 0) is 4.79 Å².